The molecule has 1 aliphatic heterocycles. The topological polar surface area (TPSA) is 65.2 Å². The number of amides is 1. The van der Waals surface area contributed by atoms with Gasteiger partial charge in [-0.25, -0.2) is 0 Å². The molecule has 0 bridgehead atoms. The highest BCUT2D eigenvalue weighted by molar-refractivity contribution is 5.91. The third-order valence-electron chi connectivity index (χ3n) is 4.32. The van der Waals surface area contributed by atoms with Crippen LogP contribution in [0.5, 0.6) is 0 Å². The summed E-state index contributed by atoms with van der Waals surface area (Å²) in [4.78, 5) is 16.5. The number of piperazine rings is 1. The maximum absolute atomic E-state index is 12.3. The predicted octanol–water partition coefficient (Wildman–Crippen LogP) is 1.65. The summed E-state index contributed by atoms with van der Waals surface area (Å²) in [5.41, 5.74) is 2.80. The average molecular weight is 335 g/mol. The minimum atomic E-state index is 0.0434. The summed E-state index contributed by atoms with van der Waals surface area (Å²) in [5.74, 6) is 0.0434. The Morgan fingerprint density at radius 2 is 1.96 bits per heavy atom. The number of hydrogen-bond acceptors (Lipinski definition) is 4. The summed E-state index contributed by atoms with van der Waals surface area (Å²) < 4.78 is 1.71. The molecule has 128 valence electrons. The van der Waals surface area contributed by atoms with E-state index < -0.39 is 0 Å². The lowest BCUT2D eigenvalue weighted by atomic mass is 10.1. The van der Waals surface area contributed by atoms with Gasteiger partial charge in [0, 0.05) is 57.6 Å². The molecule has 1 aromatic heterocycles. The summed E-state index contributed by atoms with van der Waals surface area (Å²) in [5, 5.41) is 12.9. The molecule has 1 saturated heterocycles. The minimum Gasteiger partial charge on any atom is -0.337 e. The fourth-order valence-electron chi connectivity index (χ4n) is 2.87. The van der Waals surface area contributed by atoms with Crippen LogP contribution in [0, 0.1) is 11.3 Å². The molecule has 1 amide bonds. The van der Waals surface area contributed by atoms with Crippen molar-refractivity contribution < 1.29 is 4.79 Å². The highest BCUT2D eigenvalue weighted by Gasteiger charge is 2.19. The van der Waals surface area contributed by atoms with Gasteiger partial charge in [0.05, 0.1) is 17.8 Å². The van der Waals surface area contributed by atoms with Gasteiger partial charge in [0.25, 0.3) is 0 Å². The number of hydrogen-bond donors (Lipinski definition) is 0. The zero-order valence-electron chi connectivity index (χ0n) is 14.3. The molecule has 0 atom stereocenters. The van der Waals surface area contributed by atoms with Crippen molar-refractivity contribution in [3.63, 3.8) is 0 Å². The number of aromatic nitrogens is 2. The van der Waals surface area contributed by atoms with Gasteiger partial charge in [0.2, 0.25) is 5.91 Å². The van der Waals surface area contributed by atoms with E-state index in [1.165, 1.54) is 5.56 Å². The zero-order valence-corrected chi connectivity index (χ0v) is 14.3. The van der Waals surface area contributed by atoms with E-state index in [0.717, 1.165) is 38.3 Å². The van der Waals surface area contributed by atoms with Crippen molar-refractivity contribution in [3.05, 3.63) is 59.4 Å². The fraction of sp³-hybridized carbons (Fsp3) is 0.316. The number of nitrogens with zero attached hydrogens (tertiary/aromatic N) is 5. The minimum absolute atomic E-state index is 0.0434. The Morgan fingerprint density at radius 3 is 2.56 bits per heavy atom. The van der Waals surface area contributed by atoms with E-state index in [4.69, 9.17) is 5.26 Å². The van der Waals surface area contributed by atoms with Gasteiger partial charge in [-0.2, -0.15) is 10.4 Å². The molecule has 3 rings (SSSR count). The maximum atomic E-state index is 12.3. The Bertz CT molecular complexity index is 792. The molecule has 1 fully saturated rings. The Kier molecular flexibility index (Phi) is 5.26. The molecule has 0 radical (unpaired) electrons. The Morgan fingerprint density at radius 1 is 1.24 bits per heavy atom. The maximum Gasteiger partial charge on any atom is 0.246 e. The highest BCUT2D eigenvalue weighted by Crippen LogP contribution is 2.10. The first-order chi connectivity index (χ1) is 12.1. The first-order valence-electron chi connectivity index (χ1n) is 8.31. The molecule has 6 heteroatoms. The van der Waals surface area contributed by atoms with Crippen LogP contribution in [-0.2, 0) is 18.4 Å². The quantitative estimate of drug-likeness (QED) is 0.797. The van der Waals surface area contributed by atoms with Crippen molar-refractivity contribution >= 4 is 12.0 Å². The number of carbonyl (C=O) groups excluding carboxylic acids is 1. The molecule has 0 spiro atoms. The third kappa shape index (κ3) is 4.55. The smallest absolute Gasteiger partial charge is 0.246 e. The second-order valence-electron chi connectivity index (χ2n) is 6.19. The van der Waals surface area contributed by atoms with Gasteiger partial charge in [0.15, 0.2) is 0 Å². The molecule has 6 nitrogen and oxygen atoms in total. The predicted molar refractivity (Wildman–Crippen MR) is 95.3 cm³/mol. The molecule has 0 unspecified atom stereocenters. The Labute approximate surface area is 147 Å². The lowest BCUT2D eigenvalue weighted by molar-refractivity contribution is -0.127. The van der Waals surface area contributed by atoms with Gasteiger partial charge in [-0.15, -0.1) is 0 Å². The van der Waals surface area contributed by atoms with Crippen LogP contribution < -0.4 is 0 Å². The number of rotatable bonds is 4. The Hall–Kier alpha value is -2.91. The van der Waals surface area contributed by atoms with Gasteiger partial charge in [-0.3, -0.25) is 14.4 Å². The van der Waals surface area contributed by atoms with E-state index in [0.29, 0.717) is 5.56 Å². The van der Waals surface area contributed by atoms with Crippen molar-refractivity contribution in [1.82, 2.24) is 19.6 Å². The van der Waals surface area contributed by atoms with Crippen LogP contribution in [0.15, 0.2) is 42.7 Å². The molecule has 0 N–H and O–H groups in total. The van der Waals surface area contributed by atoms with E-state index in [1.54, 1.807) is 23.0 Å². The fourth-order valence-corrected chi connectivity index (χ4v) is 2.87. The summed E-state index contributed by atoms with van der Waals surface area (Å²) in [7, 11) is 1.85. The van der Waals surface area contributed by atoms with E-state index in [2.05, 4.69) is 16.1 Å². The van der Waals surface area contributed by atoms with Gasteiger partial charge in [-0.05, 0) is 23.8 Å². The van der Waals surface area contributed by atoms with Crippen molar-refractivity contribution in [2.45, 2.75) is 6.54 Å². The van der Waals surface area contributed by atoms with E-state index in [9.17, 15) is 4.79 Å². The Balaban J connectivity index is 1.48. The average Bonchev–Trinajstić information content (AvgIpc) is 3.06. The van der Waals surface area contributed by atoms with E-state index >= 15 is 0 Å². The highest BCUT2D eigenvalue weighted by atomic mass is 16.2. The molecule has 2 aromatic rings. The van der Waals surface area contributed by atoms with Crippen LogP contribution in [0.4, 0.5) is 0 Å². The van der Waals surface area contributed by atoms with Crippen molar-refractivity contribution in [2.24, 2.45) is 7.05 Å². The molecular formula is C19H21N5O. The van der Waals surface area contributed by atoms with Crippen LogP contribution in [0.2, 0.25) is 0 Å². The molecular weight excluding hydrogens is 314 g/mol. The van der Waals surface area contributed by atoms with Crippen molar-refractivity contribution in [3.8, 4) is 6.07 Å². The third-order valence-corrected chi connectivity index (χ3v) is 4.32. The number of benzene rings is 1. The van der Waals surface area contributed by atoms with Crippen LogP contribution in [0.3, 0.4) is 0 Å². The first-order valence-corrected chi connectivity index (χ1v) is 8.31. The van der Waals surface area contributed by atoms with Crippen molar-refractivity contribution in [1.29, 1.82) is 5.26 Å². The normalized spacial score (nSPS) is 15.4. The van der Waals surface area contributed by atoms with E-state index in [-0.39, 0.29) is 5.91 Å². The summed E-state index contributed by atoms with van der Waals surface area (Å²) in [6.45, 7) is 4.01. The standard InChI is InChI=1S/C19H21N5O/c1-22-14-18(13-21-22)6-7-19(25)24-10-8-23(9-11-24)15-17-4-2-16(12-20)3-5-17/h2-7,13-14H,8-11,15H2,1H3. The van der Waals surface area contributed by atoms with Crippen LogP contribution in [0.1, 0.15) is 16.7 Å². The molecule has 2 heterocycles. The van der Waals surface area contributed by atoms with Crippen LogP contribution >= 0.6 is 0 Å². The molecule has 0 saturated carbocycles. The van der Waals surface area contributed by atoms with Gasteiger partial charge < -0.3 is 4.90 Å². The summed E-state index contributed by atoms with van der Waals surface area (Å²) >= 11 is 0. The first kappa shape index (κ1) is 16.9. The molecule has 0 aliphatic carbocycles. The second-order valence-corrected chi connectivity index (χ2v) is 6.19. The van der Waals surface area contributed by atoms with Gasteiger partial charge in [-0.1, -0.05) is 12.1 Å². The summed E-state index contributed by atoms with van der Waals surface area (Å²) in [6, 6.07) is 9.81. The second kappa shape index (κ2) is 7.77. The molecule has 25 heavy (non-hydrogen) atoms. The number of nitriles is 1. The monoisotopic (exact) mass is 335 g/mol. The van der Waals surface area contributed by atoms with Gasteiger partial charge >= 0.3 is 0 Å². The van der Waals surface area contributed by atoms with E-state index in [1.807, 2.05) is 42.4 Å². The number of carbonyl (C=O) groups is 1. The SMILES string of the molecule is Cn1cc(C=CC(=O)N2CCN(Cc3ccc(C#N)cc3)CC2)cn1. The molecule has 1 aromatic carbocycles. The van der Waals surface area contributed by atoms with Crippen LogP contribution in [-0.4, -0.2) is 51.7 Å². The van der Waals surface area contributed by atoms with Crippen LogP contribution in [0.25, 0.3) is 6.08 Å². The van der Waals surface area contributed by atoms with Gasteiger partial charge in [0.1, 0.15) is 0 Å². The lowest BCUT2D eigenvalue weighted by Gasteiger charge is -2.34. The summed E-state index contributed by atoms with van der Waals surface area (Å²) in [6.07, 6.45) is 7.03. The zero-order chi connectivity index (χ0) is 17.6. The molecule has 1 aliphatic rings. The largest absolute Gasteiger partial charge is 0.337 e. The van der Waals surface area contributed by atoms with Crippen molar-refractivity contribution in [2.75, 3.05) is 26.2 Å². The lowest BCUT2D eigenvalue weighted by Crippen LogP contribution is -2.47. The number of aryl methyl sites for hydroxylation is 1.